The van der Waals surface area contributed by atoms with E-state index in [0.717, 1.165) is 26.0 Å². The van der Waals surface area contributed by atoms with Gasteiger partial charge in [0.05, 0.1) is 11.1 Å². The number of thiophene rings is 1. The Morgan fingerprint density at radius 2 is 1.88 bits per heavy atom. The average Bonchev–Trinajstić information content (AvgIpc) is 3.29. The van der Waals surface area contributed by atoms with Crippen LogP contribution in [-0.2, 0) is 0 Å². The SMILES string of the molecule is Cc1ncc(F)c(-c2cc3cccc(-c4cccc5[nH]ccc45)c3s2)n1. The standard InChI is InChI=1S/C21H14FN3S/c1-12-24-11-17(22)20(25-12)19-10-13-4-2-6-16(21(13)26-19)14-5-3-7-18-15(14)8-9-23-18/h2-11,23H,1H3. The molecule has 2 aromatic carbocycles. The molecule has 0 saturated carbocycles. The Morgan fingerprint density at radius 1 is 1.04 bits per heavy atom. The van der Waals surface area contributed by atoms with E-state index in [9.17, 15) is 4.39 Å². The molecule has 5 heteroatoms. The molecule has 3 aromatic heterocycles. The minimum atomic E-state index is -0.392. The summed E-state index contributed by atoms with van der Waals surface area (Å²) in [6, 6.07) is 16.6. The molecule has 0 aliphatic carbocycles. The molecule has 1 N–H and O–H groups in total. The van der Waals surface area contributed by atoms with Crippen LogP contribution in [0.5, 0.6) is 0 Å². The van der Waals surface area contributed by atoms with Crippen LogP contribution in [0.1, 0.15) is 5.82 Å². The van der Waals surface area contributed by atoms with Gasteiger partial charge in [0.15, 0.2) is 5.82 Å². The molecule has 5 rings (SSSR count). The zero-order valence-electron chi connectivity index (χ0n) is 14.0. The minimum absolute atomic E-state index is 0.365. The number of nitrogens with one attached hydrogen (secondary N) is 1. The summed E-state index contributed by atoms with van der Waals surface area (Å²) in [5.74, 6) is 0.174. The molecular formula is C21H14FN3S. The number of hydrogen-bond donors (Lipinski definition) is 1. The van der Waals surface area contributed by atoms with Gasteiger partial charge in [-0.1, -0.05) is 30.3 Å². The van der Waals surface area contributed by atoms with Gasteiger partial charge in [-0.15, -0.1) is 11.3 Å². The van der Waals surface area contributed by atoms with Gasteiger partial charge in [-0.3, -0.25) is 0 Å². The number of fused-ring (bicyclic) bond motifs is 2. The number of hydrogen-bond acceptors (Lipinski definition) is 3. The summed E-state index contributed by atoms with van der Waals surface area (Å²) >= 11 is 1.57. The lowest BCUT2D eigenvalue weighted by Crippen LogP contribution is -1.93. The summed E-state index contributed by atoms with van der Waals surface area (Å²) in [6.45, 7) is 1.77. The molecule has 0 unspecified atom stereocenters. The molecule has 3 heterocycles. The number of aromatic amines is 1. The highest BCUT2D eigenvalue weighted by atomic mass is 32.1. The van der Waals surface area contributed by atoms with Crippen molar-refractivity contribution in [3.63, 3.8) is 0 Å². The zero-order valence-corrected chi connectivity index (χ0v) is 14.8. The molecule has 0 radical (unpaired) electrons. The van der Waals surface area contributed by atoms with E-state index in [2.05, 4.69) is 51.4 Å². The van der Waals surface area contributed by atoms with Crippen molar-refractivity contribution in [2.45, 2.75) is 6.92 Å². The molecule has 0 fully saturated rings. The largest absolute Gasteiger partial charge is 0.361 e. The number of benzene rings is 2. The summed E-state index contributed by atoms with van der Waals surface area (Å²) in [5.41, 5.74) is 3.79. The minimum Gasteiger partial charge on any atom is -0.361 e. The van der Waals surface area contributed by atoms with Crippen molar-refractivity contribution in [1.29, 1.82) is 0 Å². The summed E-state index contributed by atoms with van der Waals surface area (Å²) in [7, 11) is 0. The van der Waals surface area contributed by atoms with Gasteiger partial charge in [0.25, 0.3) is 0 Å². The van der Waals surface area contributed by atoms with E-state index < -0.39 is 5.82 Å². The predicted octanol–water partition coefficient (Wildman–Crippen LogP) is 5.95. The molecule has 5 aromatic rings. The third kappa shape index (κ3) is 2.32. The maximum atomic E-state index is 14.3. The van der Waals surface area contributed by atoms with E-state index >= 15 is 0 Å². The predicted molar refractivity (Wildman–Crippen MR) is 105 cm³/mol. The lowest BCUT2D eigenvalue weighted by molar-refractivity contribution is 0.616. The van der Waals surface area contributed by atoms with Crippen LogP contribution in [0.4, 0.5) is 4.39 Å². The average molecular weight is 359 g/mol. The van der Waals surface area contributed by atoms with Crippen molar-refractivity contribution < 1.29 is 4.39 Å². The molecule has 0 aliphatic rings. The molecule has 26 heavy (non-hydrogen) atoms. The van der Waals surface area contributed by atoms with Gasteiger partial charge in [0, 0.05) is 27.4 Å². The Kier molecular flexibility index (Phi) is 3.36. The van der Waals surface area contributed by atoms with Gasteiger partial charge >= 0.3 is 0 Å². The van der Waals surface area contributed by atoms with E-state index in [-0.39, 0.29) is 0 Å². The number of aryl methyl sites for hydroxylation is 1. The first-order chi connectivity index (χ1) is 12.7. The quantitative estimate of drug-likeness (QED) is 0.423. The van der Waals surface area contributed by atoms with Crippen LogP contribution in [0.3, 0.4) is 0 Å². The molecule has 0 saturated heterocycles. The fourth-order valence-electron chi connectivity index (χ4n) is 3.34. The van der Waals surface area contributed by atoms with Crippen molar-refractivity contribution in [3.05, 3.63) is 72.6 Å². The van der Waals surface area contributed by atoms with Gasteiger partial charge < -0.3 is 4.98 Å². The summed E-state index contributed by atoms with van der Waals surface area (Å²) < 4.78 is 15.4. The number of aromatic nitrogens is 3. The highest BCUT2D eigenvalue weighted by Gasteiger charge is 2.15. The van der Waals surface area contributed by atoms with Crippen molar-refractivity contribution in [1.82, 2.24) is 15.0 Å². The van der Waals surface area contributed by atoms with Crippen LogP contribution >= 0.6 is 11.3 Å². The molecule has 0 bridgehead atoms. The van der Waals surface area contributed by atoms with Crippen LogP contribution in [0.25, 0.3) is 42.7 Å². The highest BCUT2D eigenvalue weighted by Crippen LogP contribution is 2.41. The van der Waals surface area contributed by atoms with Crippen LogP contribution in [0.15, 0.2) is 60.9 Å². The summed E-state index contributed by atoms with van der Waals surface area (Å²) in [6.07, 6.45) is 3.19. The first-order valence-electron chi connectivity index (χ1n) is 8.29. The Hall–Kier alpha value is -3.05. The third-order valence-corrected chi connectivity index (χ3v) is 5.72. The van der Waals surface area contributed by atoms with Gasteiger partial charge in [-0.2, -0.15) is 0 Å². The van der Waals surface area contributed by atoms with E-state index in [0.29, 0.717) is 11.5 Å². The second-order valence-corrected chi connectivity index (χ2v) is 7.25. The van der Waals surface area contributed by atoms with Crippen LogP contribution in [-0.4, -0.2) is 15.0 Å². The molecule has 0 spiro atoms. The number of halogens is 1. The van der Waals surface area contributed by atoms with E-state index in [1.54, 1.807) is 18.3 Å². The van der Waals surface area contributed by atoms with E-state index in [4.69, 9.17) is 0 Å². The van der Waals surface area contributed by atoms with Crippen LogP contribution in [0.2, 0.25) is 0 Å². The normalized spacial score (nSPS) is 11.5. The maximum absolute atomic E-state index is 14.3. The Balaban J connectivity index is 1.77. The van der Waals surface area contributed by atoms with Crippen LogP contribution in [0, 0.1) is 12.7 Å². The monoisotopic (exact) mass is 359 g/mol. The van der Waals surface area contributed by atoms with Crippen molar-refractivity contribution in [2.75, 3.05) is 0 Å². The smallest absolute Gasteiger partial charge is 0.168 e. The first-order valence-corrected chi connectivity index (χ1v) is 9.11. The Bertz CT molecular complexity index is 1270. The fourth-order valence-corrected chi connectivity index (χ4v) is 4.52. The first kappa shape index (κ1) is 15.2. The molecule has 0 aliphatic heterocycles. The topological polar surface area (TPSA) is 41.6 Å². The van der Waals surface area contributed by atoms with E-state index in [1.807, 2.05) is 18.3 Å². The van der Waals surface area contributed by atoms with E-state index in [1.165, 1.54) is 17.1 Å². The zero-order chi connectivity index (χ0) is 17.7. The molecular weight excluding hydrogens is 345 g/mol. The number of rotatable bonds is 2. The van der Waals surface area contributed by atoms with Crippen molar-refractivity contribution >= 4 is 32.3 Å². The van der Waals surface area contributed by atoms with Gasteiger partial charge in [-0.25, -0.2) is 14.4 Å². The second kappa shape index (κ2) is 5.75. The number of nitrogens with zero attached hydrogens (tertiary/aromatic N) is 2. The van der Waals surface area contributed by atoms with Gasteiger partial charge in [-0.05, 0) is 36.1 Å². The summed E-state index contributed by atoms with van der Waals surface area (Å²) in [4.78, 5) is 12.3. The highest BCUT2D eigenvalue weighted by molar-refractivity contribution is 7.22. The van der Waals surface area contributed by atoms with Crippen molar-refractivity contribution in [3.8, 4) is 21.7 Å². The molecule has 3 nitrogen and oxygen atoms in total. The Morgan fingerprint density at radius 3 is 2.81 bits per heavy atom. The lowest BCUT2D eigenvalue weighted by Gasteiger charge is -2.05. The van der Waals surface area contributed by atoms with Gasteiger partial charge in [0.2, 0.25) is 0 Å². The fraction of sp³-hybridized carbons (Fsp3) is 0.0476. The molecule has 0 atom stereocenters. The van der Waals surface area contributed by atoms with Crippen LogP contribution < -0.4 is 0 Å². The molecule has 0 amide bonds. The number of H-pyrrole nitrogens is 1. The maximum Gasteiger partial charge on any atom is 0.168 e. The van der Waals surface area contributed by atoms with Crippen molar-refractivity contribution in [2.24, 2.45) is 0 Å². The molecule has 126 valence electrons. The summed E-state index contributed by atoms with van der Waals surface area (Å²) in [5, 5.41) is 2.27. The second-order valence-electron chi connectivity index (χ2n) is 6.19. The van der Waals surface area contributed by atoms with Gasteiger partial charge in [0.1, 0.15) is 11.5 Å². The lowest BCUT2D eigenvalue weighted by atomic mass is 10.0. The third-order valence-electron chi connectivity index (χ3n) is 4.53. The Labute approximate surface area is 153 Å².